The Morgan fingerprint density at radius 1 is 1.14 bits per heavy atom. The number of halogens is 3. The summed E-state index contributed by atoms with van der Waals surface area (Å²) in [6, 6.07) is 5.84. The van der Waals surface area contributed by atoms with Crippen LogP contribution in [-0.2, 0) is 11.5 Å². The van der Waals surface area contributed by atoms with Crippen LogP contribution in [0.2, 0.25) is 11.6 Å². The minimum absolute atomic E-state index is 0.446. The van der Waals surface area contributed by atoms with Gasteiger partial charge in [-0.25, -0.2) is 0 Å². The van der Waals surface area contributed by atoms with Gasteiger partial charge in [0.1, 0.15) is 0 Å². The average molecular weight is 216 g/mol. The molecule has 0 aliphatic carbocycles. The van der Waals surface area contributed by atoms with E-state index >= 15 is 0 Å². The van der Waals surface area contributed by atoms with Crippen molar-refractivity contribution in [2.24, 2.45) is 0 Å². The van der Waals surface area contributed by atoms with Gasteiger partial charge >= 0.3 is 6.18 Å². The molecule has 4 heteroatoms. The summed E-state index contributed by atoms with van der Waals surface area (Å²) in [4.78, 5) is 0. The zero-order valence-electron chi connectivity index (χ0n) is 8.23. The molecule has 0 aliphatic rings. The van der Waals surface area contributed by atoms with Gasteiger partial charge in [0.2, 0.25) is 0 Å². The van der Waals surface area contributed by atoms with E-state index in [4.69, 9.17) is 0 Å². The van der Waals surface area contributed by atoms with Crippen molar-refractivity contribution in [1.29, 1.82) is 0 Å². The lowest BCUT2D eigenvalue weighted by atomic mass is 10.1. The van der Waals surface area contributed by atoms with E-state index in [-0.39, 0.29) is 0 Å². The van der Waals surface area contributed by atoms with E-state index in [1.807, 2.05) is 11.6 Å². The van der Waals surface area contributed by atoms with Gasteiger partial charge in [0.05, 0.1) is 5.56 Å². The third-order valence-corrected chi connectivity index (χ3v) is 3.21. The van der Waals surface area contributed by atoms with Gasteiger partial charge < -0.3 is 0 Å². The molecular weight excluding hydrogens is 204 g/mol. The first-order valence-electron chi connectivity index (χ1n) is 4.56. The Labute approximate surface area is 86.1 Å². The fourth-order valence-electron chi connectivity index (χ4n) is 1.41. The van der Waals surface area contributed by atoms with Crippen LogP contribution in [0.4, 0.5) is 13.2 Å². The van der Waals surface area contributed by atoms with Gasteiger partial charge in [-0.3, -0.25) is 0 Å². The van der Waals surface area contributed by atoms with Crippen LogP contribution in [0.3, 0.4) is 0 Å². The summed E-state index contributed by atoms with van der Waals surface area (Å²) in [5, 5.41) is 0.607. The zero-order chi connectivity index (χ0) is 10.8. The molecule has 0 atom stereocenters. The van der Waals surface area contributed by atoms with Gasteiger partial charge in [0, 0.05) is 0 Å². The van der Waals surface area contributed by atoms with Crippen molar-refractivity contribution >= 4 is 14.1 Å². The summed E-state index contributed by atoms with van der Waals surface area (Å²) in [6.45, 7) is 0. The first-order valence-corrected chi connectivity index (χ1v) is 7.69. The second-order valence-electron chi connectivity index (χ2n) is 3.75. The summed E-state index contributed by atoms with van der Waals surface area (Å²) in [7, 11) is 0. The third-order valence-electron chi connectivity index (χ3n) is 1.95. The van der Waals surface area contributed by atoms with Crippen LogP contribution in [-0.4, -0.2) is 14.1 Å². The Morgan fingerprint density at radius 3 is 2.21 bits per heavy atom. The van der Waals surface area contributed by atoms with Crippen molar-refractivity contribution in [3.63, 3.8) is 0 Å². The molecule has 0 unspecified atom stereocenters. The highest BCUT2D eigenvalue weighted by atomic mass is 27.2. The highest BCUT2D eigenvalue weighted by molar-refractivity contribution is 6.55. The molecule has 0 bridgehead atoms. The Bertz CT molecular complexity index is 304. The molecule has 0 spiro atoms. The van der Waals surface area contributed by atoms with Crippen molar-refractivity contribution in [3.8, 4) is 0 Å². The van der Waals surface area contributed by atoms with Crippen LogP contribution in [0.15, 0.2) is 24.3 Å². The van der Waals surface area contributed by atoms with Gasteiger partial charge in [-0.1, -0.05) is 23.5 Å². The van der Waals surface area contributed by atoms with Crippen LogP contribution < -0.4 is 0 Å². The van der Waals surface area contributed by atoms with Crippen LogP contribution in [0.1, 0.15) is 11.1 Å². The van der Waals surface area contributed by atoms with Crippen molar-refractivity contribution < 1.29 is 13.2 Å². The van der Waals surface area contributed by atoms with E-state index in [1.54, 1.807) is 12.1 Å². The third kappa shape index (κ3) is 3.04. The predicted molar refractivity (Wildman–Crippen MR) is 52.6 cm³/mol. The summed E-state index contributed by atoms with van der Waals surface area (Å²) >= 11 is -0.997. The first kappa shape index (κ1) is 11.6. The maximum absolute atomic E-state index is 12.5. The Kier molecular flexibility index (Phi) is 3.63. The van der Waals surface area contributed by atoms with E-state index in [0.29, 0.717) is 10.8 Å². The van der Waals surface area contributed by atoms with Gasteiger partial charge in [0.15, 0.2) is 0 Å². The van der Waals surface area contributed by atoms with Crippen LogP contribution >= 0.6 is 0 Å². The fourth-order valence-corrected chi connectivity index (χ4v) is 2.65. The van der Waals surface area contributed by atoms with E-state index < -0.39 is 25.9 Å². The normalized spacial score (nSPS) is 11.5. The van der Waals surface area contributed by atoms with E-state index in [0.717, 1.165) is 6.07 Å². The molecule has 76 valence electrons. The molecular formula is C10H12AlF3. The standard InChI is InChI=1S/C8H6F3.2CH3.Al/c1-6-4-2-3-5-7(6)8(9,10)11;;;/h2-5H,1H2;2*1H3;. The number of hydrogen-bond acceptors (Lipinski definition) is 0. The lowest BCUT2D eigenvalue weighted by molar-refractivity contribution is -0.138. The van der Waals surface area contributed by atoms with Crippen molar-refractivity contribution in [3.05, 3.63) is 35.4 Å². The number of rotatable bonds is 2. The van der Waals surface area contributed by atoms with E-state index in [2.05, 4.69) is 0 Å². The summed E-state index contributed by atoms with van der Waals surface area (Å²) in [5.41, 5.74) is -0.0251. The summed E-state index contributed by atoms with van der Waals surface area (Å²) < 4.78 is 37.5. The van der Waals surface area contributed by atoms with Crippen LogP contribution in [0.25, 0.3) is 0 Å². The summed E-state index contributed by atoms with van der Waals surface area (Å²) in [6.07, 6.45) is -4.21. The highest BCUT2D eigenvalue weighted by Crippen LogP contribution is 2.32. The molecule has 0 radical (unpaired) electrons. The second-order valence-corrected chi connectivity index (χ2v) is 6.95. The molecule has 0 heterocycles. The SMILES string of the molecule is [CH3][Al]([CH3])[CH2]c1ccccc1C(F)(F)F. The first-order chi connectivity index (χ1) is 6.41. The van der Waals surface area contributed by atoms with Crippen LogP contribution in [0, 0.1) is 0 Å². The molecule has 0 aromatic heterocycles. The molecule has 1 rings (SSSR count). The Morgan fingerprint density at radius 2 is 1.71 bits per heavy atom. The fraction of sp³-hybridized carbons (Fsp3) is 0.400. The van der Waals surface area contributed by atoms with E-state index in [9.17, 15) is 13.2 Å². The number of benzene rings is 1. The monoisotopic (exact) mass is 216 g/mol. The minimum atomic E-state index is -4.21. The molecule has 0 aliphatic heterocycles. The quantitative estimate of drug-likeness (QED) is 0.663. The smallest absolute Gasteiger partial charge is 0.166 e. The number of hydrogen-bond donors (Lipinski definition) is 0. The van der Waals surface area contributed by atoms with Crippen molar-refractivity contribution in [1.82, 2.24) is 0 Å². The molecule has 0 saturated carbocycles. The maximum atomic E-state index is 12.5. The molecule has 0 nitrogen and oxygen atoms in total. The lowest BCUT2D eigenvalue weighted by Gasteiger charge is -2.12. The largest absolute Gasteiger partial charge is 0.416 e. The second kappa shape index (κ2) is 4.38. The van der Waals surface area contributed by atoms with Gasteiger partial charge in [-0.15, -0.1) is 11.6 Å². The molecule has 14 heavy (non-hydrogen) atoms. The van der Waals surface area contributed by atoms with Crippen molar-refractivity contribution in [2.45, 2.75) is 23.0 Å². The number of alkyl halides is 3. The van der Waals surface area contributed by atoms with E-state index in [1.165, 1.54) is 6.07 Å². The minimum Gasteiger partial charge on any atom is -0.166 e. The van der Waals surface area contributed by atoms with Crippen LogP contribution in [0.5, 0.6) is 0 Å². The molecule has 0 fully saturated rings. The van der Waals surface area contributed by atoms with Crippen molar-refractivity contribution in [2.75, 3.05) is 0 Å². The lowest BCUT2D eigenvalue weighted by Crippen LogP contribution is -2.13. The van der Waals surface area contributed by atoms with Gasteiger partial charge in [0.25, 0.3) is 14.1 Å². The molecule has 0 amide bonds. The zero-order valence-corrected chi connectivity index (χ0v) is 9.38. The molecule has 0 N–H and O–H groups in total. The topological polar surface area (TPSA) is 0 Å². The highest BCUT2D eigenvalue weighted by Gasteiger charge is 2.32. The molecule has 0 saturated heterocycles. The predicted octanol–water partition coefficient (Wildman–Crippen LogP) is 3.54. The maximum Gasteiger partial charge on any atom is 0.416 e. The molecule has 1 aromatic carbocycles. The Balaban J connectivity index is 3.04. The van der Waals surface area contributed by atoms with Gasteiger partial charge in [-0.05, 0) is 11.6 Å². The average Bonchev–Trinajstić information content (AvgIpc) is 2.01. The van der Waals surface area contributed by atoms with Gasteiger partial charge in [-0.2, -0.15) is 13.2 Å². The Hall–Kier alpha value is -0.458. The summed E-state index contributed by atoms with van der Waals surface area (Å²) in [5.74, 6) is 4.10. The molecule has 1 aromatic rings.